The highest BCUT2D eigenvalue weighted by Gasteiger charge is 2.36. The number of halogens is 3. The van der Waals surface area contributed by atoms with Gasteiger partial charge in [0.1, 0.15) is 5.69 Å². The molecule has 0 aliphatic rings. The molecule has 4 aromatic rings. The predicted molar refractivity (Wildman–Crippen MR) is 136 cm³/mol. The van der Waals surface area contributed by atoms with Crippen LogP contribution in [0.3, 0.4) is 0 Å². The maximum atomic E-state index is 13.4. The third-order valence-electron chi connectivity index (χ3n) is 5.82. The van der Waals surface area contributed by atoms with Crippen LogP contribution in [-0.4, -0.2) is 62.5 Å². The lowest BCUT2D eigenvalue weighted by Gasteiger charge is -2.17. The Hall–Kier alpha value is -4.99. The Kier molecular flexibility index (Phi) is 8.28. The van der Waals surface area contributed by atoms with Crippen molar-refractivity contribution in [2.24, 2.45) is 5.73 Å². The molecule has 1 aromatic carbocycles. The molecule has 3 aromatic heterocycles. The van der Waals surface area contributed by atoms with Crippen molar-refractivity contribution in [1.82, 2.24) is 35.2 Å². The SMILES string of the molecule is CCc1c(C(=O)NCCNC(=O)CN)ccc(Nc2nccn3c(-c4cn[nH]c4C(F)(F)F)cnc23)c1OC=O. The molecule has 0 saturated carbocycles. The first-order chi connectivity index (χ1) is 19.2. The van der Waals surface area contributed by atoms with Gasteiger partial charge in [-0.15, -0.1) is 0 Å². The summed E-state index contributed by atoms with van der Waals surface area (Å²) in [5.41, 5.74) is 5.22. The second kappa shape index (κ2) is 11.8. The van der Waals surface area contributed by atoms with Gasteiger partial charge in [0.2, 0.25) is 5.91 Å². The Labute approximate surface area is 224 Å². The summed E-state index contributed by atoms with van der Waals surface area (Å²) in [5, 5.41) is 13.7. The fourth-order valence-corrected chi connectivity index (χ4v) is 4.05. The average Bonchev–Trinajstić information content (AvgIpc) is 3.59. The lowest BCUT2D eigenvalue weighted by molar-refractivity contribution is -0.140. The highest BCUT2D eigenvalue weighted by atomic mass is 19.4. The summed E-state index contributed by atoms with van der Waals surface area (Å²) in [6, 6.07) is 3.01. The van der Waals surface area contributed by atoms with Gasteiger partial charge in [0.05, 0.1) is 35.9 Å². The number of hydrogen-bond acceptors (Lipinski definition) is 9. The minimum atomic E-state index is -4.66. The topological polar surface area (TPSA) is 181 Å². The first-order valence-corrected chi connectivity index (χ1v) is 11.9. The fourth-order valence-electron chi connectivity index (χ4n) is 4.05. The molecular formula is C24H24F3N9O4. The molecule has 2 amide bonds. The number of alkyl halides is 3. The molecule has 0 atom stereocenters. The van der Waals surface area contributed by atoms with Gasteiger partial charge >= 0.3 is 6.18 Å². The van der Waals surface area contributed by atoms with Crippen LogP contribution < -0.4 is 26.4 Å². The van der Waals surface area contributed by atoms with Crippen molar-refractivity contribution in [2.75, 3.05) is 25.0 Å². The fraction of sp³-hybridized carbons (Fsp3) is 0.250. The largest absolute Gasteiger partial charge is 0.433 e. The third-order valence-corrected chi connectivity index (χ3v) is 5.82. The molecule has 0 saturated heterocycles. The Morgan fingerprint density at radius 3 is 2.65 bits per heavy atom. The Bertz CT molecular complexity index is 1550. The van der Waals surface area contributed by atoms with Crippen LogP contribution in [0.4, 0.5) is 24.7 Å². The zero-order valence-corrected chi connectivity index (χ0v) is 21.0. The summed E-state index contributed by atoms with van der Waals surface area (Å²) in [6.07, 6.45) is 0.760. The van der Waals surface area contributed by atoms with Crippen LogP contribution >= 0.6 is 0 Å². The molecule has 0 bridgehead atoms. The molecule has 4 rings (SSSR count). The van der Waals surface area contributed by atoms with E-state index in [1.807, 2.05) is 5.10 Å². The zero-order chi connectivity index (χ0) is 28.9. The van der Waals surface area contributed by atoms with Gasteiger partial charge in [0, 0.05) is 36.6 Å². The molecule has 210 valence electrons. The zero-order valence-electron chi connectivity index (χ0n) is 21.0. The number of aromatic amines is 1. The van der Waals surface area contributed by atoms with Crippen LogP contribution in [-0.2, 0) is 22.2 Å². The standard InChI is InChI=1S/C24H24F3N9O4/c1-2-13-14(23(39)31-6-5-29-18(38)9-28)3-4-16(19(13)40-12-37)34-21-22-32-11-17(36(22)8-7-30-21)15-10-33-35-20(15)24(25,26)27/h3-4,7-8,10-12H,2,5-6,9,28H2,1H3,(H,29,38)(H,30,34)(H,31,39)(H,33,35). The first-order valence-electron chi connectivity index (χ1n) is 11.9. The van der Waals surface area contributed by atoms with Crippen LogP contribution in [0.15, 0.2) is 36.9 Å². The summed E-state index contributed by atoms with van der Waals surface area (Å²) in [5.74, 6) is -0.609. The maximum absolute atomic E-state index is 13.4. The number of fused-ring (bicyclic) bond motifs is 1. The highest BCUT2D eigenvalue weighted by molar-refractivity contribution is 5.98. The van der Waals surface area contributed by atoms with Crippen LogP contribution in [0.25, 0.3) is 16.9 Å². The van der Waals surface area contributed by atoms with Crippen LogP contribution in [0.2, 0.25) is 0 Å². The summed E-state index contributed by atoms with van der Waals surface area (Å²) >= 11 is 0. The molecule has 0 aliphatic carbocycles. The van der Waals surface area contributed by atoms with E-state index in [4.69, 9.17) is 10.5 Å². The van der Waals surface area contributed by atoms with Crippen molar-refractivity contribution in [3.8, 4) is 17.0 Å². The van der Waals surface area contributed by atoms with Crippen LogP contribution in [0.1, 0.15) is 28.5 Å². The summed E-state index contributed by atoms with van der Waals surface area (Å²) < 4.78 is 46.9. The summed E-state index contributed by atoms with van der Waals surface area (Å²) in [4.78, 5) is 43.9. The number of aromatic nitrogens is 5. The van der Waals surface area contributed by atoms with Gasteiger partial charge in [-0.05, 0) is 18.6 Å². The predicted octanol–water partition coefficient (Wildman–Crippen LogP) is 1.78. The number of nitrogens with two attached hydrogens (primary N) is 1. The number of benzene rings is 1. The molecule has 0 aliphatic heterocycles. The van der Waals surface area contributed by atoms with Crippen molar-refractivity contribution in [3.63, 3.8) is 0 Å². The lowest BCUT2D eigenvalue weighted by atomic mass is 10.0. The van der Waals surface area contributed by atoms with E-state index in [-0.39, 0.29) is 71.7 Å². The minimum absolute atomic E-state index is 0.0614. The summed E-state index contributed by atoms with van der Waals surface area (Å²) in [7, 11) is 0. The van der Waals surface area contributed by atoms with E-state index >= 15 is 0 Å². The number of anilines is 2. The van der Waals surface area contributed by atoms with Crippen molar-refractivity contribution in [3.05, 3.63) is 53.7 Å². The van der Waals surface area contributed by atoms with Gasteiger partial charge in [-0.1, -0.05) is 6.92 Å². The van der Waals surface area contributed by atoms with Gasteiger partial charge in [-0.2, -0.15) is 18.3 Å². The molecule has 3 heterocycles. The van der Waals surface area contributed by atoms with Gasteiger partial charge in [0.25, 0.3) is 12.4 Å². The first kappa shape index (κ1) is 28.0. The van der Waals surface area contributed by atoms with Gasteiger partial charge in [0.15, 0.2) is 17.2 Å². The molecular weight excluding hydrogens is 535 g/mol. The molecule has 0 spiro atoms. The van der Waals surface area contributed by atoms with E-state index in [1.165, 1.54) is 35.1 Å². The number of rotatable bonds is 11. The molecule has 0 fully saturated rings. The van der Waals surface area contributed by atoms with E-state index in [9.17, 15) is 27.6 Å². The van der Waals surface area contributed by atoms with Crippen LogP contribution in [0.5, 0.6) is 5.75 Å². The Balaban J connectivity index is 1.65. The number of carbonyl (C=O) groups is 3. The van der Waals surface area contributed by atoms with Crippen LogP contribution in [0, 0.1) is 0 Å². The van der Waals surface area contributed by atoms with E-state index < -0.39 is 17.8 Å². The smallest absolute Gasteiger partial charge is 0.426 e. The van der Waals surface area contributed by atoms with Crippen molar-refractivity contribution >= 4 is 35.4 Å². The van der Waals surface area contributed by atoms with Crippen molar-refractivity contribution in [1.29, 1.82) is 0 Å². The second-order valence-electron chi connectivity index (χ2n) is 8.24. The number of hydrogen-bond donors (Lipinski definition) is 5. The highest BCUT2D eigenvalue weighted by Crippen LogP contribution is 2.37. The molecule has 0 radical (unpaired) electrons. The molecule has 16 heteroatoms. The number of imidazole rings is 1. The number of H-pyrrole nitrogens is 1. The van der Waals surface area contributed by atoms with E-state index in [1.54, 1.807) is 6.92 Å². The Morgan fingerprint density at radius 1 is 1.18 bits per heavy atom. The molecule has 6 N–H and O–H groups in total. The quantitative estimate of drug-likeness (QED) is 0.135. The van der Waals surface area contributed by atoms with E-state index in [2.05, 4.69) is 31.0 Å². The van der Waals surface area contributed by atoms with E-state index in [0.717, 1.165) is 6.20 Å². The van der Waals surface area contributed by atoms with Gasteiger partial charge < -0.3 is 26.4 Å². The number of nitrogens with zero attached hydrogens (tertiary/aromatic N) is 4. The van der Waals surface area contributed by atoms with Crippen molar-refractivity contribution < 1.29 is 32.3 Å². The van der Waals surface area contributed by atoms with Crippen molar-refractivity contribution in [2.45, 2.75) is 19.5 Å². The van der Waals surface area contributed by atoms with Gasteiger partial charge in [-0.3, -0.25) is 23.9 Å². The Morgan fingerprint density at radius 2 is 1.95 bits per heavy atom. The average molecular weight is 560 g/mol. The third kappa shape index (κ3) is 5.70. The summed E-state index contributed by atoms with van der Waals surface area (Å²) in [6.45, 7) is 2.11. The lowest BCUT2D eigenvalue weighted by Crippen LogP contribution is -2.37. The van der Waals surface area contributed by atoms with E-state index in [0.29, 0.717) is 12.0 Å². The number of amides is 2. The second-order valence-corrected chi connectivity index (χ2v) is 8.24. The monoisotopic (exact) mass is 559 g/mol. The molecule has 0 unspecified atom stereocenters. The van der Waals surface area contributed by atoms with Gasteiger partial charge in [-0.25, -0.2) is 9.97 Å². The normalized spacial score (nSPS) is 11.3. The maximum Gasteiger partial charge on any atom is 0.433 e. The molecule has 40 heavy (non-hydrogen) atoms. The number of nitrogens with one attached hydrogen (secondary N) is 4. The minimum Gasteiger partial charge on any atom is -0.426 e. The molecule has 13 nitrogen and oxygen atoms in total. The number of ether oxygens (including phenoxy) is 1. The number of carbonyl (C=O) groups excluding carboxylic acids is 3.